The van der Waals surface area contributed by atoms with Crippen molar-refractivity contribution in [3.63, 3.8) is 0 Å². The summed E-state index contributed by atoms with van der Waals surface area (Å²) in [7, 11) is 1.88. The minimum Gasteiger partial charge on any atom is -0.368 e. The van der Waals surface area contributed by atoms with Crippen LogP contribution in [0.1, 0.15) is 70.6 Å². The molecule has 7 heterocycles. The number of rotatable bonds is 10. The third kappa shape index (κ3) is 7.89. The molecule has 2 saturated carbocycles. The molecular formula is C40H64N12O6. The average Bonchev–Trinajstić information content (AvgIpc) is 3.87. The Hall–Kier alpha value is -3.26. The van der Waals surface area contributed by atoms with Crippen molar-refractivity contribution in [3.05, 3.63) is 0 Å². The highest BCUT2D eigenvalue weighted by Gasteiger charge is 2.54. The maximum Gasteiger partial charge on any atom is 0.320 e. The Balaban J connectivity index is 0.698. The fourth-order valence-corrected chi connectivity index (χ4v) is 12.1. The maximum absolute atomic E-state index is 13.5. The SMILES string of the molecule is CN1CCN([C@@H]2CCCC(C3CNC(C(N)=O)C(NC4CNN(C5CN(CC6CCN(C7CCC8C(=O)N([C@@H]9CCC(=O)NC9=O)C(=O)C8C7)CC6)C5)C4)N3)C2)C1=O. The lowest BCUT2D eigenvalue weighted by Crippen LogP contribution is -2.72. The fourth-order valence-electron chi connectivity index (χ4n) is 12.1. The van der Waals surface area contributed by atoms with Gasteiger partial charge in [-0.15, -0.1) is 0 Å². The monoisotopic (exact) mass is 809 g/mol. The van der Waals surface area contributed by atoms with E-state index in [-0.39, 0.29) is 84.7 Å². The first-order valence-electron chi connectivity index (χ1n) is 22.2. The van der Waals surface area contributed by atoms with Crippen molar-refractivity contribution < 1.29 is 28.8 Å². The van der Waals surface area contributed by atoms with Crippen molar-refractivity contribution in [1.29, 1.82) is 0 Å². The van der Waals surface area contributed by atoms with Gasteiger partial charge in [0.1, 0.15) is 12.1 Å². The van der Waals surface area contributed by atoms with Crippen LogP contribution in [0.25, 0.3) is 0 Å². The molecule has 58 heavy (non-hydrogen) atoms. The van der Waals surface area contributed by atoms with Gasteiger partial charge in [-0.1, -0.05) is 6.42 Å². The summed E-state index contributed by atoms with van der Waals surface area (Å²) >= 11 is 0. The molecule has 7 N–H and O–H groups in total. The number of piperidine rings is 2. The molecule has 7 aliphatic heterocycles. The van der Waals surface area contributed by atoms with Gasteiger partial charge in [0.15, 0.2) is 0 Å². The molecule has 18 heteroatoms. The predicted molar refractivity (Wildman–Crippen MR) is 211 cm³/mol. The summed E-state index contributed by atoms with van der Waals surface area (Å²) < 4.78 is 0. The van der Waals surface area contributed by atoms with E-state index in [1.165, 1.54) is 4.90 Å². The number of nitrogens with zero attached hydrogens (tertiary/aromatic N) is 6. The normalized spacial score (nSPS) is 39.1. The van der Waals surface area contributed by atoms with Gasteiger partial charge in [-0.3, -0.25) is 55.1 Å². The van der Waals surface area contributed by atoms with Crippen molar-refractivity contribution in [1.82, 2.24) is 56.2 Å². The van der Waals surface area contributed by atoms with Gasteiger partial charge < -0.3 is 25.8 Å². The summed E-state index contributed by atoms with van der Waals surface area (Å²) in [5.74, 6) is -1.37. The molecule has 9 rings (SSSR count). The maximum atomic E-state index is 13.5. The molecule has 0 radical (unpaired) electrons. The van der Waals surface area contributed by atoms with Gasteiger partial charge in [-0.2, -0.15) is 0 Å². The number of carbonyl (C=O) groups is 6. The van der Waals surface area contributed by atoms with E-state index in [1.54, 1.807) is 0 Å². The molecule has 0 bridgehead atoms. The molecule has 7 saturated heterocycles. The third-order valence-electron chi connectivity index (χ3n) is 15.4. The quantitative estimate of drug-likeness (QED) is 0.130. The van der Waals surface area contributed by atoms with Gasteiger partial charge >= 0.3 is 6.03 Å². The lowest BCUT2D eigenvalue weighted by molar-refractivity contribution is -0.151. The number of likely N-dealkylation sites (tertiary alicyclic amines) is 3. The number of piperazine rings is 1. The minimum absolute atomic E-state index is 0.144. The number of nitrogens with two attached hydrogens (primary N) is 1. The van der Waals surface area contributed by atoms with E-state index in [4.69, 9.17) is 5.73 Å². The van der Waals surface area contributed by atoms with Crippen LogP contribution in [-0.2, 0) is 24.0 Å². The molecule has 9 fully saturated rings. The molecule has 2 aliphatic carbocycles. The zero-order valence-electron chi connectivity index (χ0n) is 34.0. The highest BCUT2D eigenvalue weighted by molar-refractivity contribution is 6.10. The molecule has 0 aromatic heterocycles. The van der Waals surface area contributed by atoms with Gasteiger partial charge in [0.25, 0.3) is 0 Å². The highest BCUT2D eigenvalue weighted by Crippen LogP contribution is 2.42. The van der Waals surface area contributed by atoms with E-state index >= 15 is 0 Å². The smallest absolute Gasteiger partial charge is 0.320 e. The van der Waals surface area contributed by atoms with Crippen LogP contribution in [0.5, 0.6) is 0 Å². The Morgan fingerprint density at radius 3 is 2.36 bits per heavy atom. The van der Waals surface area contributed by atoms with E-state index in [9.17, 15) is 28.8 Å². The Morgan fingerprint density at radius 2 is 1.62 bits per heavy atom. The van der Waals surface area contributed by atoms with E-state index < -0.39 is 18.0 Å². The van der Waals surface area contributed by atoms with Crippen molar-refractivity contribution in [2.45, 2.75) is 119 Å². The number of imide groups is 2. The van der Waals surface area contributed by atoms with Gasteiger partial charge in [-0.25, -0.2) is 9.80 Å². The Morgan fingerprint density at radius 1 is 0.828 bits per heavy atom. The summed E-state index contributed by atoms with van der Waals surface area (Å²) in [6.07, 6.45) is 8.79. The predicted octanol–water partition coefficient (Wildman–Crippen LogP) is -2.21. The van der Waals surface area contributed by atoms with Crippen molar-refractivity contribution in [2.24, 2.45) is 29.4 Å². The fraction of sp³-hybridized carbons (Fsp3) is 0.850. The minimum atomic E-state index is -0.864. The number of hydrazine groups is 1. The van der Waals surface area contributed by atoms with Crippen LogP contribution in [0.4, 0.5) is 4.79 Å². The molecular weight excluding hydrogens is 745 g/mol. The van der Waals surface area contributed by atoms with Gasteiger partial charge in [0, 0.05) is 96.0 Å². The summed E-state index contributed by atoms with van der Waals surface area (Å²) in [6, 6.07) is 0.132. The van der Waals surface area contributed by atoms with Crippen LogP contribution in [0, 0.1) is 23.7 Å². The first-order chi connectivity index (χ1) is 28.0. The molecule has 320 valence electrons. The Labute approximate surface area is 341 Å². The second-order valence-electron chi connectivity index (χ2n) is 18.9. The van der Waals surface area contributed by atoms with Crippen LogP contribution in [0.2, 0.25) is 0 Å². The molecule has 9 aliphatic rings. The lowest BCUT2D eigenvalue weighted by atomic mass is 9.77. The zero-order valence-corrected chi connectivity index (χ0v) is 34.0. The largest absolute Gasteiger partial charge is 0.368 e. The Bertz CT molecular complexity index is 1620. The summed E-state index contributed by atoms with van der Waals surface area (Å²) in [5.41, 5.74) is 9.51. The van der Waals surface area contributed by atoms with Gasteiger partial charge in [0.05, 0.1) is 18.0 Å². The molecule has 0 spiro atoms. The molecule has 7 amide bonds. The summed E-state index contributed by atoms with van der Waals surface area (Å²) in [6.45, 7) is 9.05. The number of hydrogen-bond donors (Lipinski definition) is 6. The second kappa shape index (κ2) is 16.7. The van der Waals surface area contributed by atoms with Crippen LogP contribution >= 0.6 is 0 Å². The number of amides is 7. The zero-order chi connectivity index (χ0) is 40.2. The molecule has 0 aromatic carbocycles. The number of nitrogens with one attached hydrogen (secondary N) is 5. The average molecular weight is 809 g/mol. The van der Waals surface area contributed by atoms with E-state index in [0.717, 1.165) is 104 Å². The van der Waals surface area contributed by atoms with Crippen LogP contribution in [0.15, 0.2) is 0 Å². The van der Waals surface area contributed by atoms with Gasteiger partial charge in [0.2, 0.25) is 29.5 Å². The van der Waals surface area contributed by atoms with Gasteiger partial charge in [-0.05, 0) is 82.7 Å². The number of fused-ring (bicyclic) bond motifs is 1. The Kier molecular flexibility index (Phi) is 11.5. The molecule has 10 atom stereocenters. The lowest BCUT2D eigenvalue weighted by Gasteiger charge is -2.47. The molecule has 0 aromatic rings. The van der Waals surface area contributed by atoms with Crippen LogP contribution < -0.4 is 32.4 Å². The van der Waals surface area contributed by atoms with E-state index in [1.807, 2.05) is 11.9 Å². The van der Waals surface area contributed by atoms with Crippen LogP contribution in [0.3, 0.4) is 0 Å². The first kappa shape index (κ1) is 40.2. The summed E-state index contributed by atoms with van der Waals surface area (Å²) in [5, 5.41) is 15.7. The number of likely N-dealkylation sites (N-methyl/N-ethyl adjacent to an activating group) is 1. The molecule has 18 nitrogen and oxygen atoms in total. The second-order valence-corrected chi connectivity index (χ2v) is 18.9. The number of hydrogen-bond acceptors (Lipinski definition) is 13. The summed E-state index contributed by atoms with van der Waals surface area (Å²) in [4.78, 5) is 86.3. The van der Waals surface area contributed by atoms with Crippen molar-refractivity contribution in [3.8, 4) is 0 Å². The van der Waals surface area contributed by atoms with Crippen molar-refractivity contribution in [2.75, 3.05) is 72.5 Å². The number of urea groups is 1. The van der Waals surface area contributed by atoms with Crippen LogP contribution in [-0.4, -0.2) is 186 Å². The number of primary amides is 1. The topological polar surface area (TPSA) is 208 Å². The standard InChI is InChI=1S/C40H64N12O6/c1-47-13-14-50(40(47)58)27-4-2-3-24(15-27)31-18-42-34(35(41)54)36(45-31)44-25-17-43-51(20-25)28-21-48(22-28)19-23-9-11-49(12-10-23)26-5-6-29-30(16-26)39(57)52(38(29)56)32-7-8-33(53)46-37(32)55/h23-32,34,36,42-45H,2-22H2,1H3,(H2,41,54)(H,46,53,55)/t24?,25?,26?,27-,29?,30?,31?,32-,34?,36?/m1/s1. The first-order valence-corrected chi connectivity index (χ1v) is 22.2. The molecule has 8 unspecified atom stereocenters. The van der Waals surface area contributed by atoms with Crippen molar-refractivity contribution >= 4 is 35.6 Å². The number of carbonyl (C=O) groups excluding carboxylic acids is 6. The van der Waals surface area contributed by atoms with E-state index in [2.05, 4.69) is 46.4 Å². The van der Waals surface area contributed by atoms with E-state index in [0.29, 0.717) is 37.3 Å². The third-order valence-corrected chi connectivity index (χ3v) is 15.4. The highest BCUT2D eigenvalue weighted by atomic mass is 16.2.